The van der Waals surface area contributed by atoms with E-state index in [1.165, 1.54) is 6.33 Å². The van der Waals surface area contributed by atoms with Crippen molar-refractivity contribution in [1.29, 1.82) is 0 Å². The highest BCUT2D eigenvalue weighted by Gasteiger charge is 2.16. The van der Waals surface area contributed by atoms with E-state index < -0.39 is 0 Å². The van der Waals surface area contributed by atoms with Crippen LogP contribution in [-0.4, -0.2) is 35.8 Å². The maximum Gasteiger partial charge on any atom is 0.150 e. The zero-order valence-corrected chi connectivity index (χ0v) is 16.6. The topological polar surface area (TPSA) is 104 Å². The van der Waals surface area contributed by atoms with Gasteiger partial charge < -0.3 is 24.7 Å². The van der Waals surface area contributed by atoms with E-state index in [2.05, 4.69) is 15.0 Å². The number of rotatable bonds is 6. The van der Waals surface area contributed by atoms with Gasteiger partial charge in [-0.15, -0.1) is 0 Å². The first kappa shape index (κ1) is 18.7. The number of nitrogens with zero attached hydrogens (tertiary/aromatic N) is 5. The molecule has 3 heterocycles. The molecule has 3 N–H and O–H groups in total. The summed E-state index contributed by atoms with van der Waals surface area (Å²) in [6, 6.07) is 14.8. The molecule has 0 amide bonds. The van der Waals surface area contributed by atoms with Crippen LogP contribution in [0.2, 0.25) is 0 Å². The van der Waals surface area contributed by atoms with E-state index >= 15 is 0 Å². The Hall–Kier alpha value is -4.33. The molecule has 31 heavy (non-hydrogen) atoms. The summed E-state index contributed by atoms with van der Waals surface area (Å²) in [4.78, 5) is 12.7. The van der Waals surface area contributed by atoms with Crippen molar-refractivity contribution >= 4 is 16.9 Å². The highest BCUT2D eigenvalue weighted by molar-refractivity contribution is 6.01. The summed E-state index contributed by atoms with van der Waals surface area (Å²) >= 11 is 0. The Balaban J connectivity index is 1.51. The van der Waals surface area contributed by atoms with Crippen LogP contribution in [0.1, 0.15) is 0 Å². The Morgan fingerprint density at radius 2 is 1.94 bits per heavy atom. The van der Waals surface area contributed by atoms with Gasteiger partial charge in [0.25, 0.3) is 0 Å². The lowest BCUT2D eigenvalue weighted by molar-refractivity contribution is 0.298. The van der Waals surface area contributed by atoms with Gasteiger partial charge in [-0.1, -0.05) is 18.2 Å². The Labute approximate surface area is 178 Å². The number of hydrogen-bond donors (Lipinski definition) is 2. The van der Waals surface area contributed by atoms with E-state index in [0.29, 0.717) is 24.6 Å². The molecule has 0 bridgehead atoms. The van der Waals surface area contributed by atoms with E-state index in [1.807, 2.05) is 57.9 Å². The van der Waals surface area contributed by atoms with Crippen molar-refractivity contribution in [3.63, 3.8) is 0 Å². The van der Waals surface area contributed by atoms with Crippen LogP contribution in [0.3, 0.4) is 0 Å². The molecule has 5 rings (SSSR count). The van der Waals surface area contributed by atoms with Gasteiger partial charge in [0.15, 0.2) is 5.65 Å². The van der Waals surface area contributed by atoms with Crippen LogP contribution < -0.4 is 10.5 Å². The summed E-state index contributed by atoms with van der Waals surface area (Å²) in [5.41, 5.74) is 9.61. The highest BCUT2D eigenvalue weighted by Crippen LogP contribution is 2.35. The molecule has 0 saturated heterocycles. The minimum absolute atomic E-state index is 0.206. The largest absolute Gasteiger partial charge is 0.508 e. The lowest BCUT2D eigenvalue weighted by Gasteiger charge is -2.10. The van der Waals surface area contributed by atoms with Crippen LogP contribution in [0.4, 0.5) is 5.82 Å². The summed E-state index contributed by atoms with van der Waals surface area (Å²) in [7, 11) is 0. The van der Waals surface area contributed by atoms with Crippen LogP contribution in [0.5, 0.6) is 11.5 Å². The molecule has 0 atom stereocenters. The molecule has 2 aromatic carbocycles. The molecule has 8 nitrogen and oxygen atoms in total. The Morgan fingerprint density at radius 1 is 1.06 bits per heavy atom. The standard InChI is InChI=1S/C23H20N6O2/c24-22-21-20(16-4-6-18(30)7-5-16)13-29(23(21)27-14-26-22)17-2-1-3-19(12-17)31-11-10-28-9-8-25-15-28/h1-9,12-15,30H,10-11H2,(H2,24,26,27). The fourth-order valence-electron chi connectivity index (χ4n) is 3.55. The zero-order valence-electron chi connectivity index (χ0n) is 16.6. The summed E-state index contributed by atoms with van der Waals surface area (Å²) in [6.45, 7) is 1.24. The van der Waals surface area contributed by atoms with Gasteiger partial charge in [-0.2, -0.15) is 0 Å². The first-order valence-corrected chi connectivity index (χ1v) is 9.79. The normalized spacial score (nSPS) is 11.1. The minimum atomic E-state index is 0.206. The highest BCUT2D eigenvalue weighted by atomic mass is 16.5. The molecule has 0 unspecified atom stereocenters. The monoisotopic (exact) mass is 412 g/mol. The van der Waals surface area contributed by atoms with Crippen molar-refractivity contribution in [3.05, 3.63) is 79.8 Å². The maximum atomic E-state index is 9.64. The van der Waals surface area contributed by atoms with Crippen molar-refractivity contribution in [1.82, 2.24) is 24.1 Å². The quantitative estimate of drug-likeness (QED) is 0.441. The number of aromatic nitrogens is 5. The van der Waals surface area contributed by atoms with E-state index in [9.17, 15) is 5.11 Å². The number of aromatic hydroxyl groups is 1. The second kappa shape index (κ2) is 7.83. The minimum Gasteiger partial charge on any atom is -0.508 e. The second-order valence-corrected chi connectivity index (χ2v) is 7.06. The van der Waals surface area contributed by atoms with Crippen molar-refractivity contribution in [2.45, 2.75) is 6.54 Å². The molecule has 154 valence electrons. The lowest BCUT2D eigenvalue weighted by Crippen LogP contribution is -2.06. The SMILES string of the molecule is Nc1ncnc2c1c(-c1ccc(O)cc1)cn2-c1cccc(OCCn2ccnc2)c1. The molecule has 0 radical (unpaired) electrons. The number of imidazole rings is 1. The average molecular weight is 412 g/mol. The predicted molar refractivity (Wildman–Crippen MR) is 118 cm³/mol. The second-order valence-electron chi connectivity index (χ2n) is 7.06. The molecule has 0 spiro atoms. The number of fused-ring (bicyclic) bond motifs is 1. The zero-order chi connectivity index (χ0) is 21.2. The summed E-state index contributed by atoms with van der Waals surface area (Å²) in [5, 5.41) is 10.4. The number of phenols is 1. The number of ether oxygens (including phenoxy) is 1. The maximum absolute atomic E-state index is 9.64. The van der Waals surface area contributed by atoms with E-state index in [4.69, 9.17) is 10.5 Å². The molecule has 0 aliphatic rings. The molecular weight excluding hydrogens is 392 g/mol. The number of phenolic OH excluding ortho intramolecular Hbond substituents is 1. The smallest absolute Gasteiger partial charge is 0.150 e. The van der Waals surface area contributed by atoms with Gasteiger partial charge in [0.2, 0.25) is 0 Å². The third-order valence-electron chi connectivity index (χ3n) is 5.06. The Morgan fingerprint density at radius 3 is 2.74 bits per heavy atom. The van der Waals surface area contributed by atoms with Gasteiger partial charge in [-0.25, -0.2) is 15.0 Å². The van der Waals surface area contributed by atoms with Crippen LogP contribution in [0.15, 0.2) is 79.8 Å². The molecule has 0 saturated carbocycles. The fourth-order valence-corrected chi connectivity index (χ4v) is 3.55. The molecular formula is C23H20N6O2. The van der Waals surface area contributed by atoms with E-state index in [0.717, 1.165) is 28.0 Å². The van der Waals surface area contributed by atoms with Gasteiger partial charge in [-0.3, -0.25) is 0 Å². The van der Waals surface area contributed by atoms with Crippen LogP contribution in [0.25, 0.3) is 27.8 Å². The average Bonchev–Trinajstić information content (AvgIpc) is 3.43. The van der Waals surface area contributed by atoms with Gasteiger partial charge in [-0.05, 0) is 29.8 Å². The fraction of sp³-hybridized carbons (Fsp3) is 0.0870. The summed E-state index contributed by atoms with van der Waals surface area (Å²) < 4.78 is 9.87. The molecule has 8 heteroatoms. The van der Waals surface area contributed by atoms with Crippen LogP contribution >= 0.6 is 0 Å². The number of nitrogens with two attached hydrogens (primary N) is 1. The van der Waals surface area contributed by atoms with Gasteiger partial charge in [0.1, 0.15) is 30.3 Å². The molecule has 0 aliphatic carbocycles. The van der Waals surface area contributed by atoms with Crippen LogP contribution in [-0.2, 0) is 6.54 Å². The van der Waals surface area contributed by atoms with Crippen molar-refractivity contribution in [2.75, 3.05) is 12.3 Å². The summed E-state index contributed by atoms with van der Waals surface area (Å²) in [6.07, 6.45) is 8.85. The number of nitrogen functional groups attached to an aromatic ring is 1. The van der Waals surface area contributed by atoms with Crippen molar-refractivity contribution < 1.29 is 9.84 Å². The molecule has 5 aromatic rings. The first-order valence-electron chi connectivity index (χ1n) is 9.79. The van der Waals surface area contributed by atoms with Gasteiger partial charge in [0.05, 0.1) is 23.9 Å². The molecule has 0 aliphatic heterocycles. The molecule has 0 fully saturated rings. The number of hydrogen-bond acceptors (Lipinski definition) is 6. The number of anilines is 1. The number of benzene rings is 2. The van der Waals surface area contributed by atoms with Gasteiger partial charge >= 0.3 is 0 Å². The van der Waals surface area contributed by atoms with E-state index in [1.54, 1.807) is 24.7 Å². The van der Waals surface area contributed by atoms with Gasteiger partial charge in [0, 0.05) is 30.2 Å². The van der Waals surface area contributed by atoms with Crippen LogP contribution in [0, 0.1) is 0 Å². The predicted octanol–water partition coefficient (Wildman–Crippen LogP) is 3.65. The van der Waals surface area contributed by atoms with E-state index in [-0.39, 0.29) is 5.75 Å². The van der Waals surface area contributed by atoms with Crippen molar-refractivity contribution in [2.24, 2.45) is 0 Å². The molecule has 3 aromatic heterocycles. The Bertz CT molecular complexity index is 1330. The Kier molecular flexibility index (Phi) is 4.72. The summed E-state index contributed by atoms with van der Waals surface area (Å²) in [5.74, 6) is 1.37. The first-order chi connectivity index (χ1) is 15.2. The third kappa shape index (κ3) is 3.66. The lowest BCUT2D eigenvalue weighted by atomic mass is 10.1. The third-order valence-corrected chi connectivity index (χ3v) is 5.06. The van der Waals surface area contributed by atoms with Crippen molar-refractivity contribution in [3.8, 4) is 28.3 Å².